The molecule has 122 valence electrons. The number of nitrogens with zero attached hydrogens (tertiary/aromatic N) is 1. The van der Waals surface area contributed by atoms with Crippen molar-refractivity contribution in [1.29, 1.82) is 0 Å². The van der Waals surface area contributed by atoms with E-state index in [0.717, 1.165) is 27.0 Å². The van der Waals surface area contributed by atoms with Crippen LogP contribution in [-0.2, 0) is 0 Å². The largest absolute Gasteiger partial charge is 0.497 e. The summed E-state index contributed by atoms with van der Waals surface area (Å²) in [5.41, 5.74) is 1.94. The van der Waals surface area contributed by atoms with Crippen molar-refractivity contribution in [3.63, 3.8) is 0 Å². The number of ether oxygens (including phenoxy) is 1. The lowest BCUT2D eigenvalue weighted by Crippen LogP contribution is -2.27. The van der Waals surface area contributed by atoms with E-state index in [1.54, 1.807) is 31.4 Å². The molecule has 4 rings (SSSR count). The minimum absolute atomic E-state index is 0.333. The molecule has 0 saturated heterocycles. The Morgan fingerprint density at radius 2 is 1.48 bits per heavy atom. The minimum Gasteiger partial charge on any atom is -0.497 e. The van der Waals surface area contributed by atoms with Gasteiger partial charge in [0.1, 0.15) is 5.75 Å². The van der Waals surface area contributed by atoms with Gasteiger partial charge in [-0.15, -0.1) is 0 Å². The first-order valence-corrected chi connectivity index (χ1v) is 7.85. The second-order valence-corrected chi connectivity index (χ2v) is 5.87. The Morgan fingerprint density at radius 1 is 0.880 bits per heavy atom. The lowest BCUT2D eigenvalue weighted by Gasteiger charge is -2.17. The highest BCUT2D eigenvalue weighted by molar-refractivity contribution is 6.25. The van der Waals surface area contributed by atoms with E-state index >= 15 is 0 Å². The van der Waals surface area contributed by atoms with Crippen LogP contribution >= 0.6 is 0 Å². The van der Waals surface area contributed by atoms with Crippen LogP contribution in [0.4, 0.5) is 0 Å². The zero-order chi connectivity index (χ0) is 17.6. The van der Waals surface area contributed by atoms with Crippen molar-refractivity contribution in [1.82, 2.24) is 4.90 Å². The van der Waals surface area contributed by atoms with Crippen LogP contribution in [0.2, 0.25) is 0 Å². The number of fused-ring (bicyclic) bond motifs is 2. The van der Waals surface area contributed by atoms with Gasteiger partial charge in [-0.05, 0) is 46.7 Å². The van der Waals surface area contributed by atoms with Gasteiger partial charge in [-0.2, -0.15) is 0 Å². The molecule has 0 aliphatic carbocycles. The predicted octanol–water partition coefficient (Wildman–Crippen LogP) is 4.12. The summed E-state index contributed by atoms with van der Waals surface area (Å²) in [6.07, 6.45) is 0. The highest BCUT2D eigenvalue weighted by Gasteiger charge is 2.37. The van der Waals surface area contributed by atoms with Crippen LogP contribution in [0.15, 0.2) is 67.2 Å². The van der Waals surface area contributed by atoms with Gasteiger partial charge in [0, 0.05) is 0 Å². The Morgan fingerprint density at radius 3 is 2.12 bits per heavy atom. The van der Waals surface area contributed by atoms with Gasteiger partial charge in [-0.25, -0.2) is 4.90 Å². The number of amides is 2. The molecule has 0 unspecified atom stereocenters. The third-order valence-electron chi connectivity index (χ3n) is 4.44. The number of imide groups is 1. The van der Waals surface area contributed by atoms with Gasteiger partial charge < -0.3 is 4.74 Å². The van der Waals surface area contributed by atoms with Crippen LogP contribution in [0.5, 0.6) is 5.75 Å². The summed E-state index contributed by atoms with van der Waals surface area (Å²) in [6.45, 7) is 3.99. The fourth-order valence-corrected chi connectivity index (χ4v) is 3.09. The molecule has 0 spiro atoms. The van der Waals surface area contributed by atoms with Crippen molar-refractivity contribution in [3.8, 4) is 5.75 Å². The maximum absolute atomic E-state index is 12.6. The van der Waals surface area contributed by atoms with Crippen molar-refractivity contribution < 1.29 is 14.3 Å². The molecule has 25 heavy (non-hydrogen) atoms. The molecule has 1 aliphatic rings. The number of carbonyl (C=O) groups is 2. The summed E-state index contributed by atoms with van der Waals surface area (Å²) in [4.78, 5) is 26.3. The summed E-state index contributed by atoms with van der Waals surface area (Å²) in [7, 11) is 1.62. The van der Waals surface area contributed by atoms with Crippen molar-refractivity contribution in [2.24, 2.45) is 0 Å². The van der Waals surface area contributed by atoms with Crippen LogP contribution in [0.3, 0.4) is 0 Å². The Balaban J connectivity index is 1.73. The van der Waals surface area contributed by atoms with Crippen LogP contribution in [0, 0.1) is 0 Å². The number of methoxy groups -OCH3 is 1. The Kier molecular flexibility index (Phi) is 3.39. The number of hydrogen-bond acceptors (Lipinski definition) is 3. The Labute approximate surface area is 144 Å². The van der Waals surface area contributed by atoms with Crippen molar-refractivity contribution in [3.05, 3.63) is 83.9 Å². The first-order chi connectivity index (χ1) is 12.1. The minimum atomic E-state index is -0.333. The molecular weight excluding hydrogens is 314 g/mol. The SMILES string of the molecule is C=C(c1ccc2cc(OC)ccc2c1)N1C(=O)c2ccccc2C1=O. The molecule has 0 fully saturated rings. The molecule has 4 nitrogen and oxygen atoms in total. The van der Waals surface area contributed by atoms with Crippen molar-refractivity contribution >= 4 is 28.3 Å². The summed E-state index contributed by atoms with van der Waals surface area (Å²) >= 11 is 0. The molecule has 2 amide bonds. The van der Waals surface area contributed by atoms with E-state index in [1.165, 1.54) is 0 Å². The third kappa shape index (κ3) is 2.31. The highest BCUT2D eigenvalue weighted by atomic mass is 16.5. The van der Waals surface area contributed by atoms with Gasteiger partial charge in [-0.1, -0.05) is 36.9 Å². The molecule has 0 bridgehead atoms. The maximum atomic E-state index is 12.6. The predicted molar refractivity (Wildman–Crippen MR) is 96.5 cm³/mol. The third-order valence-corrected chi connectivity index (χ3v) is 4.44. The molecule has 0 radical (unpaired) electrons. The van der Waals surface area contributed by atoms with E-state index in [0.29, 0.717) is 16.8 Å². The average Bonchev–Trinajstić information content (AvgIpc) is 2.91. The van der Waals surface area contributed by atoms with Crippen LogP contribution < -0.4 is 4.74 Å². The number of benzene rings is 3. The summed E-state index contributed by atoms with van der Waals surface area (Å²) < 4.78 is 5.23. The van der Waals surface area contributed by atoms with E-state index in [4.69, 9.17) is 4.74 Å². The van der Waals surface area contributed by atoms with Gasteiger partial charge in [0.15, 0.2) is 0 Å². The molecule has 0 aromatic heterocycles. The highest BCUT2D eigenvalue weighted by Crippen LogP contribution is 2.31. The molecule has 1 aliphatic heterocycles. The molecule has 0 saturated carbocycles. The van der Waals surface area contributed by atoms with Crippen LogP contribution in [0.1, 0.15) is 26.3 Å². The van der Waals surface area contributed by atoms with Crippen LogP contribution in [-0.4, -0.2) is 23.8 Å². The molecular formula is C21H15NO3. The molecule has 1 heterocycles. The normalized spacial score (nSPS) is 13.2. The molecule has 0 atom stereocenters. The Bertz CT molecular complexity index is 1020. The van der Waals surface area contributed by atoms with Gasteiger partial charge in [0.2, 0.25) is 0 Å². The standard InChI is InChI=1S/C21H15NO3/c1-13(22-20(23)18-5-3-4-6-19(18)21(22)24)14-7-8-16-12-17(25-2)10-9-15(16)11-14/h3-12H,1H2,2H3. The molecule has 0 N–H and O–H groups in total. The number of rotatable bonds is 3. The summed E-state index contributed by atoms with van der Waals surface area (Å²) in [6, 6.07) is 18.3. The van der Waals surface area contributed by atoms with Gasteiger partial charge in [-0.3, -0.25) is 9.59 Å². The topological polar surface area (TPSA) is 46.6 Å². The lowest BCUT2D eigenvalue weighted by atomic mass is 10.0. The number of hydrogen-bond donors (Lipinski definition) is 0. The second kappa shape index (κ2) is 5.60. The fourth-order valence-electron chi connectivity index (χ4n) is 3.09. The smallest absolute Gasteiger partial charge is 0.266 e. The quantitative estimate of drug-likeness (QED) is 0.679. The van der Waals surface area contributed by atoms with Gasteiger partial charge in [0.25, 0.3) is 11.8 Å². The van der Waals surface area contributed by atoms with Gasteiger partial charge >= 0.3 is 0 Å². The summed E-state index contributed by atoms with van der Waals surface area (Å²) in [5, 5.41) is 1.99. The fraction of sp³-hybridized carbons (Fsp3) is 0.0476. The van der Waals surface area contributed by atoms with Crippen molar-refractivity contribution in [2.45, 2.75) is 0 Å². The summed E-state index contributed by atoms with van der Waals surface area (Å²) in [5.74, 6) is 0.111. The molecule has 4 heteroatoms. The van der Waals surface area contributed by atoms with E-state index in [-0.39, 0.29) is 11.8 Å². The van der Waals surface area contributed by atoms with Crippen molar-refractivity contribution in [2.75, 3.05) is 7.11 Å². The van der Waals surface area contributed by atoms with E-state index in [9.17, 15) is 9.59 Å². The Hall–Kier alpha value is -3.40. The second-order valence-electron chi connectivity index (χ2n) is 5.87. The lowest BCUT2D eigenvalue weighted by molar-refractivity contribution is 0.0736. The van der Waals surface area contributed by atoms with E-state index < -0.39 is 0 Å². The zero-order valence-corrected chi connectivity index (χ0v) is 13.7. The maximum Gasteiger partial charge on any atom is 0.266 e. The van der Waals surface area contributed by atoms with E-state index in [1.807, 2.05) is 36.4 Å². The molecule has 3 aromatic carbocycles. The first kappa shape index (κ1) is 15.1. The average molecular weight is 329 g/mol. The zero-order valence-electron chi connectivity index (χ0n) is 13.7. The molecule has 3 aromatic rings. The number of carbonyl (C=O) groups excluding carboxylic acids is 2. The monoisotopic (exact) mass is 329 g/mol. The van der Waals surface area contributed by atoms with E-state index in [2.05, 4.69) is 6.58 Å². The van der Waals surface area contributed by atoms with Gasteiger partial charge in [0.05, 0.1) is 23.9 Å². The van der Waals surface area contributed by atoms with Crippen LogP contribution in [0.25, 0.3) is 16.5 Å². The first-order valence-electron chi connectivity index (χ1n) is 7.85.